The molecule has 0 saturated carbocycles. The Balaban J connectivity index is 2.21. The fraction of sp³-hybridized carbons (Fsp3) is 0.556. The molecule has 0 aromatic carbocycles. The van der Waals surface area contributed by atoms with Crippen LogP contribution in [0, 0.1) is 6.92 Å². The van der Waals surface area contributed by atoms with E-state index in [9.17, 15) is 9.59 Å². The lowest BCUT2D eigenvalue weighted by Crippen LogP contribution is -2.31. The van der Waals surface area contributed by atoms with Gasteiger partial charge in [0.05, 0.1) is 11.7 Å². The van der Waals surface area contributed by atoms with Crippen molar-refractivity contribution in [1.82, 2.24) is 25.5 Å². The van der Waals surface area contributed by atoms with Crippen LogP contribution in [-0.2, 0) is 0 Å². The maximum absolute atomic E-state index is 11.8. The van der Waals surface area contributed by atoms with E-state index in [1.807, 2.05) is 14.0 Å². The molecule has 1 heterocycles. The van der Waals surface area contributed by atoms with Crippen molar-refractivity contribution in [2.45, 2.75) is 40.0 Å². The Labute approximate surface area is 160 Å². The first-order chi connectivity index (χ1) is 12.8. The van der Waals surface area contributed by atoms with Crippen molar-refractivity contribution >= 4 is 17.8 Å². The molecule has 0 spiro atoms. The minimum absolute atomic E-state index is 0.136. The molecule has 9 heteroatoms. The quantitative estimate of drug-likeness (QED) is 0.282. The number of aliphatic imine (C=N–C) groups is 1. The number of H-pyrrole nitrogens is 1. The molecule has 0 atom stereocenters. The number of carbonyl (C=O) groups is 1. The molecule has 0 unspecified atom stereocenters. The van der Waals surface area contributed by atoms with E-state index in [0.717, 1.165) is 37.5 Å². The van der Waals surface area contributed by atoms with Crippen molar-refractivity contribution in [3.05, 3.63) is 34.5 Å². The summed E-state index contributed by atoms with van der Waals surface area (Å²) in [6.07, 6.45) is 2.69. The Hall–Kier alpha value is -2.84. The first kappa shape index (κ1) is 22.2. The summed E-state index contributed by atoms with van der Waals surface area (Å²) < 4.78 is 0. The maximum Gasteiger partial charge on any atom is 0.321 e. The van der Waals surface area contributed by atoms with Crippen LogP contribution >= 0.6 is 0 Å². The summed E-state index contributed by atoms with van der Waals surface area (Å²) in [4.78, 5) is 36.1. The standard InChI is InChI=1S/C18H31N7O2/c1-6-11-25(5)15(4)22-14(3)19-9-7-8-10-20-18(27)24-17-21-13(2)12-16(26)23-17/h12H,4,6-11H2,1-3,5H3,(H,19,22)(H3,20,21,23,24,26,27). The van der Waals surface area contributed by atoms with Crippen molar-refractivity contribution < 1.29 is 4.79 Å². The molecular weight excluding hydrogens is 346 g/mol. The van der Waals surface area contributed by atoms with Gasteiger partial charge in [-0.3, -0.25) is 20.1 Å². The minimum Gasteiger partial charge on any atom is -0.362 e. The van der Waals surface area contributed by atoms with Gasteiger partial charge in [-0.2, -0.15) is 0 Å². The number of urea groups is 1. The predicted molar refractivity (Wildman–Crippen MR) is 109 cm³/mol. The topological polar surface area (TPSA) is 115 Å². The van der Waals surface area contributed by atoms with Crippen molar-refractivity contribution in [3.63, 3.8) is 0 Å². The van der Waals surface area contributed by atoms with E-state index in [1.165, 1.54) is 6.07 Å². The lowest BCUT2D eigenvalue weighted by atomic mass is 10.3. The molecule has 1 aromatic rings. The number of unbranched alkanes of at least 4 members (excludes halogenated alkanes) is 1. The van der Waals surface area contributed by atoms with Gasteiger partial charge in [0.25, 0.3) is 5.56 Å². The number of amides is 2. The molecule has 150 valence electrons. The Kier molecular flexibility index (Phi) is 9.63. The molecule has 0 aliphatic heterocycles. The van der Waals surface area contributed by atoms with Gasteiger partial charge in [-0.25, -0.2) is 9.78 Å². The number of anilines is 1. The predicted octanol–water partition coefficient (Wildman–Crippen LogP) is 1.80. The van der Waals surface area contributed by atoms with E-state index < -0.39 is 6.03 Å². The lowest BCUT2D eigenvalue weighted by molar-refractivity contribution is 0.251. The van der Waals surface area contributed by atoms with E-state index >= 15 is 0 Å². The molecule has 0 saturated heterocycles. The molecule has 0 bridgehead atoms. The van der Waals surface area contributed by atoms with Crippen LogP contribution in [0.15, 0.2) is 28.3 Å². The Morgan fingerprint density at radius 3 is 2.81 bits per heavy atom. The SMILES string of the molecule is C=C(NC(C)=NCCCCNC(=O)Nc1nc(C)cc(=O)[nH]1)N(C)CCC. The fourth-order valence-electron chi connectivity index (χ4n) is 2.29. The number of aryl methyl sites for hydroxylation is 1. The number of hydrogen-bond donors (Lipinski definition) is 4. The maximum atomic E-state index is 11.8. The second kappa shape index (κ2) is 11.7. The lowest BCUT2D eigenvalue weighted by Gasteiger charge is -2.21. The van der Waals surface area contributed by atoms with Gasteiger partial charge < -0.3 is 15.5 Å². The second-order valence-electron chi connectivity index (χ2n) is 6.28. The number of rotatable bonds is 10. The highest BCUT2D eigenvalue weighted by molar-refractivity contribution is 5.87. The summed E-state index contributed by atoms with van der Waals surface area (Å²) in [5.74, 6) is 1.79. The number of hydrogen-bond acceptors (Lipinski definition) is 5. The molecule has 27 heavy (non-hydrogen) atoms. The molecule has 1 rings (SSSR count). The average Bonchev–Trinajstić information content (AvgIpc) is 2.57. The first-order valence-corrected chi connectivity index (χ1v) is 9.12. The van der Waals surface area contributed by atoms with Crippen LogP contribution in [0.5, 0.6) is 0 Å². The van der Waals surface area contributed by atoms with Gasteiger partial charge in [0.2, 0.25) is 5.95 Å². The summed E-state index contributed by atoms with van der Waals surface area (Å²) in [7, 11) is 1.99. The Bertz CT molecular complexity index is 712. The monoisotopic (exact) mass is 377 g/mol. The molecule has 0 fully saturated rings. The van der Waals surface area contributed by atoms with Gasteiger partial charge in [0.1, 0.15) is 0 Å². The Morgan fingerprint density at radius 2 is 2.15 bits per heavy atom. The van der Waals surface area contributed by atoms with Crippen molar-refractivity contribution in [2.75, 3.05) is 32.0 Å². The summed E-state index contributed by atoms with van der Waals surface area (Å²) in [6, 6.07) is 0.956. The van der Waals surface area contributed by atoms with Crippen LogP contribution in [0.2, 0.25) is 0 Å². The molecule has 2 amide bonds. The fourth-order valence-corrected chi connectivity index (χ4v) is 2.29. The second-order valence-corrected chi connectivity index (χ2v) is 6.28. The summed E-state index contributed by atoms with van der Waals surface area (Å²) >= 11 is 0. The van der Waals surface area contributed by atoms with E-state index in [0.29, 0.717) is 18.8 Å². The van der Waals surface area contributed by atoms with Gasteiger partial charge in [0, 0.05) is 38.4 Å². The largest absolute Gasteiger partial charge is 0.362 e. The molecule has 0 aliphatic rings. The molecule has 9 nitrogen and oxygen atoms in total. The van der Waals surface area contributed by atoms with E-state index in [4.69, 9.17) is 0 Å². The van der Waals surface area contributed by atoms with E-state index in [1.54, 1.807) is 6.92 Å². The van der Waals surface area contributed by atoms with Crippen molar-refractivity contribution in [1.29, 1.82) is 0 Å². The van der Waals surface area contributed by atoms with Crippen LogP contribution in [0.3, 0.4) is 0 Å². The highest BCUT2D eigenvalue weighted by atomic mass is 16.2. The van der Waals surface area contributed by atoms with Crippen LogP contribution < -0.4 is 21.5 Å². The number of carbonyl (C=O) groups excluding carboxylic acids is 1. The number of nitrogens with one attached hydrogen (secondary N) is 4. The molecule has 1 aromatic heterocycles. The van der Waals surface area contributed by atoms with Crippen LogP contribution in [0.4, 0.5) is 10.7 Å². The molecular formula is C18H31N7O2. The van der Waals surface area contributed by atoms with Crippen LogP contribution in [-0.4, -0.2) is 53.4 Å². The summed E-state index contributed by atoms with van der Waals surface area (Å²) in [5, 5.41) is 8.40. The zero-order valence-electron chi connectivity index (χ0n) is 16.7. The van der Waals surface area contributed by atoms with Gasteiger partial charge in [-0.05, 0) is 33.1 Å². The van der Waals surface area contributed by atoms with Crippen LogP contribution in [0.25, 0.3) is 0 Å². The smallest absolute Gasteiger partial charge is 0.321 e. The van der Waals surface area contributed by atoms with E-state index in [-0.39, 0.29) is 11.5 Å². The third-order valence-corrected chi connectivity index (χ3v) is 3.67. The number of aromatic amines is 1. The number of amidine groups is 1. The zero-order chi connectivity index (χ0) is 20.2. The normalized spacial score (nSPS) is 11.0. The van der Waals surface area contributed by atoms with Crippen molar-refractivity contribution in [2.24, 2.45) is 4.99 Å². The van der Waals surface area contributed by atoms with Gasteiger partial charge in [-0.15, -0.1) is 0 Å². The first-order valence-electron chi connectivity index (χ1n) is 9.12. The third kappa shape index (κ3) is 9.43. The van der Waals surface area contributed by atoms with Gasteiger partial charge in [-0.1, -0.05) is 13.5 Å². The number of aromatic nitrogens is 2. The van der Waals surface area contributed by atoms with Crippen LogP contribution in [0.1, 0.15) is 38.8 Å². The number of nitrogens with zero attached hydrogens (tertiary/aromatic N) is 3. The average molecular weight is 377 g/mol. The molecule has 4 N–H and O–H groups in total. The summed E-state index contributed by atoms with van der Waals surface area (Å²) in [6.45, 7) is 11.8. The summed E-state index contributed by atoms with van der Waals surface area (Å²) in [5.41, 5.74) is 0.239. The molecule has 0 aliphatic carbocycles. The van der Waals surface area contributed by atoms with Gasteiger partial charge >= 0.3 is 6.03 Å². The zero-order valence-corrected chi connectivity index (χ0v) is 16.7. The van der Waals surface area contributed by atoms with Crippen molar-refractivity contribution in [3.8, 4) is 0 Å². The minimum atomic E-state index is -0.402. The highest BCUT2D eigenvalue weighted by Crippen LogP contribution is 1.97. The third-order valence-electron chi connectivity index (χ3n) is 3.67. The highest BCUT2D eigenvalue weighted by Gasteiger charge is 2.04. The van der Waals surface area contributed by atoms with Gasteiger partial charge in [0.15, 0.2) is 0 Å². The van der Waals surface area contributed by atoms with E-state index in [2.05, 4.69) is 49.3 Å². The molecule has 0 radical (unpaired) electrons. The Morgan fingerprint density at radius 1 is 1.41 bits per heavy atom.